The number of carbonyl (C=O) groups is 3. The highest BCUT2D eigenvalue weighted by atomic mass is 33.1. The number of fused-ring (bicyclic) bond motifs is 3. The standard InChI is InChI=1S/C20H18N2O6S2/c1-10(23)28-14-5-6-27-9-12-8-20-17(25)21-15-11(3-2-4-13(15)24)7-19(21,29-30-20)18(26)22(20)16(12)14/h2-6,9,13-16,24H,7-8H2,1H3/t13-,14-,15-,16-,19+,20+/m0/s1. The lowest BCUT2D eigenvalue weighted by atomic mass is 9.96. The van der Waals surface area contributed by atoms with Gasteiger partial charge < -0.3 is 24.4 Å². The molecule has 5 fully saturated rings. The lowest BCUT2D eigenvalue weighted by Gasteiger charge is -2.58. The first-order valence-electron chi connectivity index (χ1n) is 9.67. The van der Waals surface area contributed by atoms with E-state index in [1.54, 1.807) is 34.3 Å². The molecule has 2 spiro atoms. The van der Waals surface area contributed by atoms with E-state index in [0.29, 0.717) is 6.42 Å². The molecule has 10 heteroatoms. The Balaban J connectivity index is 1.49. The summed E-state index contributed by atoms with van der Waals surface area (Å²) in [6.45, 7) is 1.32. The molecule has 6 heterocycles. The van der Waals surface area contributed by atoms with Crippen LogP contribution in [0.2, 0.25) is 0 Å². The van der Waals surface area contributed by atoms with Crippen molar-refractivity contribution in [1.82, 2.24) is 9.80 Å². The number of hydrogen-bond acceptors (Lipinski definition) is 8. The van der Waals surface area contributed by atoms with E-state index in [-0.39, 0.29) is 18.2 Å². The minimum absolute atomic E-state index is 0.186. The van der Waals surface area contributed by atoms with Crippen molar-refractivity contribution < 1.29 is 29.0 Å². The third-order valence-corrected chi connectivity index (χ3v) is 10.1. The van der Waals surface area contributed by atoms with Crippen LogP contribution in [0.25, 0.3) is 0 Å². The normalized spacial score (nSPS) is 42.6. The first-order valence-corrected chi connectivity index (χ1v) is 11.8. The van der Waals surface area contributed by atoms with Crippen LogP contribution in [0.4, 0.5) is 0 Å². The molecule has 0 aromatic heterocycles. The molecule has 6 atom stereocenters. The van der Waals surface area contributed by atoms with Crippen LogP contribution in [0, 0.1) is 0 Å². The van der Waals surface area contributed by atoms with Crippen LogP contribution in [-0.4, -0.2) is 66.7 Å². The number of carbonyl (C=O) groups excluding carboxylic acids is 3. The van der Waals surface area contributed by atoms with E-state index in [2.05, 4.69) is 0 Å². The Morgan fingerprint density at radius 3 is 2.50 bits per heavy atom. The Morgan fingerprint density at radius 2 is 1.80 bits per heavy atom. The monoisotopic (exact) mass is 446 g/mol. The molecule has 0 saturated carbocycles. The van der Waals surface area contributed by atoms with Gasteiger partial charge in [0, 0.05) is 19.8 Å². The van der Waals surface area contributed by atoms with Crippen molar-refractivity contribution in [3.63, 3.8) is 0 Å². The van der Waals surface area contributed by atoms with Crippen molar-refractivity contribution in [2.24, 2.45) is 0 Å². The number of rotatable bonds is 1. The van der Waals surface area contributed by atoms with E-state index in [1.165, 1.54) is 34.8 Å². The van der Waals surface area contributed by atoms with Crippen LogP contribution in [0.1, 0.15) is 19.8 Å². The van der Waals surface area contributed by atoms with Crippen LogP contribution >= 0.6 is 21.6 Å². The van der Waals surface area contributed by atoms with Gasteiger partial charge in [-0.15, -0.1) is 0 Å². The van der Waals surface area contributed by atoms with E-state index in [0.717, 1.165) is 11.1 Å². The molecule has 0 radical (unpaired) electrons. The second-order valence-corrected chi connectivity index (χ2v) is 10.9. The summed E-state index contributed by atoms with van der Waals surface area (Å²) < 4.78 is 10.9. The molecule has 0 aromatic carbocycles. The Labute approximate surface area is 180 Å². The third kappa shape index (κ3) is 2.06. The maximum absolute atomic E-state index is 14.0. The summed E-state index contributed by atoms with van der Waals surface area (Å²) in [5, 5.41) is 10.6. The maximum Gasteiger partial charge on any atom is 0.303 e. The lowest BCUT2D eigenvalue weighted by molar-refractivity contribution is -0.170. The van der Waals surface area contributed by atoms with Gasteiger partial charge in [0.05, 0.1) is 30.7 Å². The first-order chi connectivity index (χ1) is 14.4. The minimum Gasteiger partial charge on any atom is -0.473 e. The molecule has 0 unspecified atom stereocenters. The summed E-state index contributed by atoms with van der Waals surface area (Å²) in [4.78, 5) is 40.6. The zero-order valence-electron chi connectivity index (χ0n) is 15.9. The molecular weight excluding hydrogens is 428 g/mol. The number of nitrogens with zero attached hydrogens (tertiary/aromatic N) is 2. The van der Waals surface area contributed by atoms with Crippen molar-refractivity contribution in [2.75, 3.05) is 0 Å². The van der Waals surface area contributed by atoms with E-state index >= 15 is 0 Å². The molecule has 6 aliphatic heterocycles. The molecule has 0 aromatic rings. The topological polar surface area (TPSA) is 96.4 Å². The molecule has 1 N–H and O–H groups in total. The second-order valence-electron chi connectivity index (χ2n) is 8.18. The van der Waals surface area contributed by atoms with Gasteiger partial charge in [-0.2, -0.15) is 0 Å². The molecule has 7 rings (SSSR count). The largest absolute Gasteiger partial charge is 0.473 e. The van der Waals surface area contributed by atoms with Crippen molar-refractivity contribution in [3.8, 4) is 0 Å². The summed E-state index contributed by atoms with van der Waals surface area (Å²) >= 11 is 0. The van der Waals surface area contributed by atoms with Gasteiger partial charge in [-0.25, -0.2) is 0 Å². The SMILES string of the molecule is CC(=O)O[C@H]1C=COC=C2C[C@@]34SS[C@]5(CC6=CC=C[C@H](O)[C@H]6N5C3=O)C(=O)N4[C@@H]21. The van der Waals surface area contributed by atoms with E-state index in [9.17, 15) is 19.5 Å². The van der Waals surface area contributed by atoms with Gasteiger partial charge in [-0.3, -0.25) is 14.4 Å². The fourth-order valence-corrected chi connectivity index (χ4v) is 9.13. The highest BCUT2D eigenvalue weighted by molar-refractivity contribution is 8.78. The van der Waals surface area contributed by atoms with Crippen LogP contribution in [-0.2, 0) is 23.9 Å². The maximum atomic E-state index is 14.0. The van der Waals surface area contributed by atoms with Gasteiger partial charge in [-0.05, 0) is 17.2 Å². The summed E-state index contributed by atoms with van der Waals surface area (Å²) in [5.41, 5.74) is 1.62. The van der Waals surface area contributed by atoms with Crippen LogP contribution in [0.15, 0.2) is 48.0 Å². The van der Waals surface area contributed by atoms with Crippen molar-refractivity contribution in [1.29, 1.82) is 0 Å². The predicted molar refractivity (Wildman–Crippen MR) is 108 cm³/mol. The summed E-state index contributed by atoms with van der Waals surface area (Å²) in [7, 11) is 2.79. The number of aliphatic hydroxyl groups excluding tert-OH is 1. The van der Waals surface area contributed by atoms with Gasteiger partial charge in [0.2, 0.25) is 0 Å². The molecule has 2 bridgehead atoms. The predicted octanol–water partition coefficient (Wildman–Crippen LogP) is 1.21. The number of piperazine rings is 1. The molecule has 7 aliphatic rings. The quantitative estimate of drug-likeness (QED) is 0.474. The highest BCUT2D eigenvalue weighted by Crippen LogP contribution is 2.69. The number of esters is 1. The van der Waals surface area contributed by atoms with Gasteiger partial charge in [0.1, 0.15) is 6.10 Å². The average Bonchev–Trinajstić information content (AvgIpc) is 3.16. The third-order valence-electron chi connectivity index (χ3n) is 6.53. The highest BCUT2D eigenvalue weighted by Gasteiger charge is 2.77. The van der Waals surface area contributed by atoms with Crippen LogP contribution < -0.4 is 0 Å². The number of hydrogen-bond donors (Lipinski definition) is 1. The van der Waals surface area contributed by atoms with Crippen LogP contribution in [0.5, 0.6) is 0 Å². The Bertz CT molecular complexity index is 1020. The first kappa shape index (κ1) is 18.6. The number of aliphatic hydroxyl groups is 1. The molecular formula is C20H18N2O6S2. The Kier molecular flexibility index (Phi) is 3.69. The number of ether oxygens (including phenoxy) is 2. The van der Waals surface area contributed by atoms with Gasteiger partial charge in [-0.1, -0.05) is 39.8 Å². The molecule has 5 saturated heterocycles. The van der Waals surface area contributed by atoms with Gasteiger partial charge in [0.15, 0.2) is 9.74 Å². The summed E-state index contributed by atoms with van der Waals surface area (Å²) in [6, 6.07) is -1.13. The molecule has 156 valence electrons. The molecule has 1 aliphatic carbocycles. The van der Waals surface area contributed by atoms with Crippen molar-refractivity contribution in [3.05, 3.63) is 48.0 Å². The van der Waals surface area contributed by atoms with Crippen molar-refractivity contribution in [2.45, 2.75) is 53.8 Å². The minimum atomic E-state index is -1.15. The molecule has 8 nitrogen and oxygen atoms in total. The van der Waals surface area contributed by atoms with Crippen molar-refractivity contribution >= 4 is 39.4 Å². The van der Waals surface area contributed by atoms with E-state index in [1.807, 2.05) is 6.08 Å². The van der Waals surface area contributed by atoms with E-state index < -0.39 is 40.0 Å². The zero-order chi connectivity index (χ0) is 20.8. The Hall–Kier alpha value is -2.17. The fraction of sp³-hybridized carbons (Fsp3) is 0.450. The molecule has 2 amide bonds. The average molecular weight is 447 g/mol. The van der Waals surface area contributed by atoms with Gasteiger partial charge in [0.25, 0.3) is 11.8 Å². The summed E-state index contributed by atoms with van der Waals surface area (Å²) in [6.07, 6.45) is 8.96. The fourth-order valence-electron chi connectivity index (χ4n) is 5.42. The zero-order valence-corrected chi connectivity index (χ0v) is 17.5. The number of allylic oxidation sites excluding steroid dienone is 2. The smallest absolute Gasteiger partial charge is 0.303 e. The molecule has 30 heavy (non-hydrogen) atoms. The van der Waals surface area contributed by atoms with Crippen LogP contribution in [0.3, 0.4) is 0 Å². The Morgan fingerprint density at radius 1 is 1.13 bits per heavy atom. The second kappa shape index (κ2) is 5.95. The van der Waals surface area contributed by atoms with Gasteiger partial charge >= 0.3 is 5.97 Å². The van der Waals surface area contributed by atoms with E-state index in [4.69, 9.17) is 9.47 Å². The summed E-state index contributed by atoms with van der Waals surface area (Å²) in [5.74, 6) is -0.844. The number of amides is 2. The lowest BCUT2D eigenvalue weighted by Crippen LogP contribution is -2.77.